The van der Waals surface area contributed by atoms with Gasteiger partial charge >= 0.3 is 0 Å². The van der Waals surface area contributed by atoms with E-state index in [1.54, 1.807) is 6.20 Å². The van der Waals surface area contributed by atoms with E-state index in [0.29, 0.717) is 6.61 Å². The van der Waals surface area contributed by atoms with Gasteiger partial charge in [-0.2, -0.15) is 0 Å². The summed E-state index contributed by atoms with van der Waals surface area (Å²) >= 11 is 0. The van der Waals surface area contributed by atoms with Crippen molar-refractivity contribution in [2.24, 2.45) is 0 Å². The molecule has 0 saturated carbocycles. The molecule has 3 nitrogen and oxygen atoms in total. The van der Waals surface area contributed by atoms with Crippen molar-refractivity contribution < 1.29 is 4.74 Å². The lowest BCUT2D eigenvalue weighted by Crippen LogP contribution is -2.09. The summed E-state index contributed by atoms with van der Waals surface area (Å²) in [5, 5.41) is 3.04. The van der Waals surface area contributed by atoms with Gasteiger partial charge in [0.25, 0.3) is 0 Å². The number of ether oxygens (including phenoxy) is 1. The highest BCUT2D eigenvalue weighted by molar-refractivity contribution is 5.26. The van der Waals surface area contributed by atoms with E-state index in [9.17, 15) is 0 Å². The van der Waals surface area contributed by atoms with Gasteiger partial charge in [0.1, 0.15) is 5.75 Å². The minimum absolute atomic E-state index is 0.683. The number of aromatic nitrogens is 1. The number of nitrogens with one attached hydrogen (secondary N) is 1. The highest BCUT2D eigenvalue weighted by Crippen LogP contribution is 2.14. The number of pyridine rings is 1. The van der Waals surface area contributed by atoms with Crippen LogP contribution in [0, 0.1) is 0 Å². The number of nitrogens with zero attached hydrogens (tertiary/aromatic N) is 1. The molecule has 12 heavy (non-hydrogen) atoms. The molecule has 0 aromatic carbocycles. The third kappa shape index (κ3) is 2.20. The molecule has 0 aliphatic heterocycles. The molecule has 0 fully saturated rings. The zero-order valence-electron chi connectivity index (χ0n) is 7.50. The highest BCUT2D eigenvalue weighted by atomic mass is 16.5. The van der Waals surface area contributed by atoms with E-state index in [1.165, 1.54) is 0 Å². The van der Waals surface area contributed by atoms with Crippen LogP contribution < -0.4 is 10.1 Å². The summed E-state index contributed by atoms with van der Waals surface area (Å²) in [7, 11) is 1.89. The van der Waals surface area contributed by atoms with Crippen LogP contribution in [0.5, 0.6) is 5.75 Å². The summed E-state index contributed by atoms with van der Waals surface area (Å²) in [5.74, 6) is 0.870. The monoisotopic (exact) mass is 166 g/mol. The van der Waals surface area contributed by atoms with Crippen LogP contribution >= 0.6 is 0 Å². The van der Waals surface area contributed by atoms with Crippen LogP contribution in [-0.4, -0.2) is 18.6 Å². The molecule has 0 unspecified atom stereocenters. The van der Waals surface area contributed by atoms with Gasteiger partial charge in [-0.25, -0.2) is 0 Å². The van der Waals surface area contributed by atoms with Crippen LogP contribution in [-0.2, 0) is 6.54 Å². The molecule has 1 rings (SSSR count). The molecule has 0 bridgehead atoms. The Kier molecular flexibility index (Phi) is 3.54. The van der Waals surface area contributed by atoms with E-state index in [1.807, 2.05) is 26.1 Å². The fourth-order valence-electron chi connectivity index (χ4n) is 1.01. The van der Waals surface area contributed by atoms with Gasteiger partial charge in [-0.15, -0.1) is 0 Å². The predicted molar refractivity (Wildman–Crippen MR) is 48.2 cm³/mol. The zero-order valence-corrected chi connectivity index (χ0v) is 7.50. The molecule has 0 spiro atoms. The summed E-state index contributed by atoms with van der Waals surface area (Å²) < 4.78 is 5.39. The van der Waals surface area contributed by atoms with Crippen molar-refractivity contribution in [3.05, 3.63) is 24.0 Å². The third-order valence-corrected chi connectivity index (χ3v) is 1.49. The Balaban J connectivity index is 2.77. The van der Waals surface area contributed by atoms with Crippen LogP contribution in [0.3, 0.4) is 0 Å². The van der Waals surface area contributed by atoms with E-state index in [2.05, 4.69) is 10.3 Å². The van der Waals surface area contributed by atoms with Crippen molar-refractivity contribution in [3.63, 3.8) is 0 Å². The lowest BCUT2D eigenvalue weighted by atomic mass is 10.3. The quantitative estimate of drug-likeness (QED) is 0.729. The summed E-state index contributed by atoms with van der Waals surface area (Å²) in [5.41, 5.74) is 0.960. The summed E-state index contributed by atoms with van der Waals surface area (Å²) in [6.07, 6.45) is 1.77. The number of rotatable bonds is 4. The molecule has 1 heterocycles. The molecule has 66 valence electrons. The normalized spacial score (nSPS) is 9.83. The number of hydrogen-bond acceptors (Lipinski definition) is 3. The van der Waals surface area contributed by atoms with E-state index in [0.717, 1.165) is 18.0 Å². The molecule has 0 atom stereocenters. The van der Waals surface area contributed by atoms with Gasteiger partial charge in [0.2, 0.25) is 0 Å². The largest absolute Gasteiger partial charge is 0.492 e. The van der Waals surface area contributed by atoms with Crippen molar-refractivity contribution in [2.45, 2.75) is 13.5 Å². The minimum atomic E-state index is 0.683. The van der Waals surface area contributed by atoms with Gasteiger partial charge in [-0.1, -0.05) is 0 Å². The average molecular weight is 166 g/mol. The molecule has 0 aliphatic rings. The second-order valence-corrected chi connectivity index (χ2v) is 2.41. The van der Waals surface area contributed by atoms with Crippen LogP contribution in [0.4, 0.5) is 0 Å². The van der Waals surface area contributed by atoms with E-state index < -0.39 is 0 Å². The molecule has 1 aromatic rings. The smallest absolute Gasteiger partial charge is 0.142 e. The topological polar surface area (TPSA) is 34.1 Å². The predicted octanol–water partition coefficient (Wildman–Crippen LogP) is 1.20. The van der Waals surface area contributed by atoms with Gasteiger partial charge in [-0.3, -0.25) is 4.98 Å². The first-order valence-corrected chi connectivity index (χ1v) is 4.09. The Morgan fingerprint density at radius 3 is 3.08 bits per heavy atom. The Bertz CT molecular complexity index is 213. The van der Waals surface area contributed by atoms with Gasteiger partial charge in [0.15, 0.2) is 0 Å². The zero-order chi connectivity index (χ0) is 8.81. The van der Waals surface area contributed by atoms with Gasteiger partial charge < -0.3 is 10.1 Å². The summed E-state index contributed by atoms with van der Waals surface area (Å²) in [4.78, 5) is 4.20. The maximum Gasteiger partial charge on any atom is 0.142 e. The van der Waals surface area contributed by atoms with Crippen LogP contribution in [0.15, 0.2) is 18.3 Å². The Labute approximate surface area is 72.8 Å². The van der Waals surface area contributed by atoms with Crippen LogP contribution in [0.25, 0.3) is 0 Å². The fraction of sp³-hybridized carbons (Fsp3) is 0.444. The Morgan fingerprint density at radius 2 is 2.42 bits per heavy atom. The first-order chi connectivity index (χ1) is 5.88. The second-order valence-electron chi connectivity index (χ2n) is 2.41. The first-order valence-electron chi connectivity index (χ1n) is 4.09. The maximum atomic E-state index is 5.39. The lowest BCUT2D eigenvalue weighted by molar-refractivity contribution is 0.333. The average Bonchev–Trinajstić information content (AvgIpc) is 2.09. The van der Waals surface area contributed by atoms with Crippen molar-refractivity contribution in [2.75, 3.05) is 13.7 Å². The maximum absolute atomic E-state index is 5.39. The third-order valence-electron chi connectivity index (χ3n) is 1.49. The van der Waals surface area contributed by atoms with Crippen molar-refractivity contribution >= 4 is 0 Å². The standard InChI is InChI=1S/C9H14N2O/c1-3-12-9-5-4-6-11-8(9)7-10-2/h4-6,10H,3,7H2,1-2H3. The molecule has 3 heteroatoms. The second kappa shape index (κ2) is 4.72. The summed E-state index contributed by atoms with van der Waals surface area (Å²) in [6.45, 7) is 3.40. The van der Waals surface area contributed by atoms with Crippen molar-refractivity contribution in [1.29, 1.82) is 0 Å². The SMILES string of the molecule is CCOc1cccnc1CNC. The molecule has 0 saturated heterocycles. The highest BCUT2D eigenvalue weighted by Gasteiger charge is 2.00. The van der Waals surface area contributed by atoms with Gasteiger partial charge in [-0.05, 0) is 26.1 Å². The van der Waals surface area contributed by atoms with Gasteiger partial charge in [0, 0.05) is 12.7 Å². The van der Waals surface area contributed by atoms with E-state index in [4.69, 9.17) is 4.74 Å². The molecule has 0 radical (unpaired) electrons. The molecule has 0 amide bonds. The van der Waals surface area contributed by atoms with Crippen LogP contribution in [0.1, 0.15) is 12.6 Å². The molecular formula is C9H14N2O. The number of hydrogen-bond donors (Lipinski definition) is 1. The minimum Gasteiger partial charge on any atom is -0.492 e. The fourth-order valence-corrected chi connectivity index (χ4v) is 1.01. The van der Waals surface area contributed by atoms with Crippen LogP contribution in [0.2, 0.25) is 0 Å². The molecule has 1 N–H and O–H groups in total. The van der Waals surface area contributed by atoms with E-state index in [-0.39, 0.29) is 0 Å². The molecule has 0 aliphatic carbocycles. The van der Waals surface area contributed by atoms with E-state index >= 15 is 0 Å². The Hall–Kier alpha value is -1.09. The first kappa shape index (κ1) is 9.00. The van der Waals surface area contributed by atoms with Crippen molar-refractivity contribution in [1.82, 2.24) is 10.3 Å². The molecular weight excluding hydrogens is 152 g/mol. The van der Waals surface area contributed by atoms with Crippen molar-refractivity contribution in [3.8, 4) is 5.75 Å². The van der Waals surface area contributed by atoms with Gasteiger partial charge in [0.05, 0.1) is 12.3 Å². The summed E-state index contributed by atoms with van der Waals surface area (Å²) in [6, 6.07) is 3.81. The molecule has 1 aromatic heterocycles. The lowest BCUT2D eigenvalue weighted by Gasteiger charge is -2.07. The Morgan fingerprint density at radius 1 is 1.58 bits per heavy atom.